The van der Waals surface area contributed by atoms with Crippen molar-refractivity contribution in [2.24, 2.45) is 0 Å². The number of nitrogens with one attached hydrogen (secondary N) is 2. The number of hydrogen-bond acceptors (Lipinski definition) is 3. The lowest BCUT2D eigenvalue weighted by atomic mass is 10.1. The molecular formula is C22H26F3N3O2. The van der Waals surface area contributed by atoms with Crippen LogP contribution in [0.15, 0.2) is 36.4 Å². The van der Waals surface area contributed by atoms with Gasteiger partial charge in [-0.15, -0.1) is 0 Å². The number of hydrogen-bond donors (Lipinski definition) is 2. The number of likely N-dealkylation sites (N-methyl/N-ethyl adjacent to an activating group) is 1. The van der Waals surface area contributed by atoms with E-state index < -0.39 is 23.7 Å². The van der Waals surface area contributed by atoms with Gasteiger partial charge in [0.15, 0.2) is 0 Å². The number of carbonyl (C=O) groups is 2. The van der Waals surface area contributed by atoms with Crippen molar-refractivity contribution in [2.45, 2.75) is 39.9 Å². The van der Waals surface area contributed by atoms with Crippen molar-refractivity contribution >= 4 is 23.2 Å². The molecule has 2 aromatic carbocycles. The summed E-state index contributed by atoms with van der Waals surface area (Å²) in [5.74, 6) is -0.793. The lowest BCUT2D eigenvalue weighted by molar-refractivity contribution is -0.137. The molecule has 162 valence electrons. The number of carbonyl (C=O) groups excluding carboxylic acids is 2. The third-order valence-corrected chi connectivity index (χ3v) is 4.83. The highest BCUT2D eigenvalue weighted by molar-refractivity contribution is 5.96. The molecule has 2 amide bonds. The minimum Gasteiger partial charge on any atom is -0.325 e. The van der Waals surface area contributed by atoms with E-state index in [1.165, 1.54) is 17.0 Å². The summed E-state index contributed by atoms with van der Waals surface area (Å²) in [6, 6.07) is 7.63. The Morgan fingerprint density at radius 2 is 1.63 bits per heavy atom. The van der Waals surface area contributed by atoms with E-state index in [0.717, 1.165) is 34.5 Å². The Morgan fingerprint density at radius 3 is 2.20 bits per heavy atom. The van der Waals surface area contributed by atoms with Crippen LogP contribution in [-0.2, 0) is 15.8 Å². The fourth-order valence-electron chi connectivity index (χ4n) is 3.14. The largest absolute Gasteiger partial charge is 0.416 e. The fraction of sp³-hybridized carbons (Fsp3) is 0.364. The van der Waals surface area contributed by atoms with E-state index in [4.69, 9.17) is 0 Å². The highest BCUT2D eigenvalue weighted by Gasteiger charge is 2.30. The molecular weight excluding hydrogens is 395 g/mol. The van der Waals surface area contributed by atoms with Crippen molar-refractivity contribution < 1.29 is 22.8 Å². The number of rotatable bonds is 6. The first-order valence-electron chi connectivity index (χ1n) is 9.44. The van der Waals surface area contributed by atoms with E-state index in [1.54, 1.807) is 14.0 Å². The summed E-state index contributed by atoms with van der Waals surface area (Å²) in [4.78, 5) is 26.4. The average molecular weight is 421 g/mol. The molecule has 2 aromatic rings. The first-order chi connectivity index (χ1) is 13.9. The molecule has 0 unspecified atom stereocenters. The van der Waals surface area contributed by atoms with Crippen LogP contribution < -0.4 is 10.6 Å². The van der Waals surface area contributed by atoms with Crippen molar-refractivity contribution in [3.8, 4) is 0 Å². The highest BCUT2D eigenvalue weighted by atomic mass is 19.4. The van der Waals surface area contributed by atoms with Crippen LogP contribution in [0.1, 0.15) is 29.2 Å². The maximum absolute atomic E-state index is 12.8. The second kappa shape index (κ2) is 9.30. The maximum atomic E-state index is 12.8. The SMILES string of the molecule is Cc1cc(C)c(NC(=O)CN(C)[C@H](C)C(=O)Nc2cccc(C(F)(F)F)c2)c(C)c1. The number of aryl methyl sites for hydroxylation is 3. The molecule has 1 atom stereocenters. The molecule has 0 fully saturated rings. The molecule has 0 aliphatic carbocycles. The molecule has 0 spiro atoms. The predicted molar refractivity (Wildman–Crippen MR) is 111 cm³/mol. The van der Waals surface area contributed by atoms with E-state index in [9.17, 15) is 22.8 Å². The van der Waals surface area contributed by atoms with Crippen molar-refractivity contribution in [3.05, 3.63) is 58.7 Å². The van der Waals surface area contributed by atoms with Crippen LogP contribution >= 0.6 is 0 Å². The molecule has 0 heterocycles. The van der Waals surface area contributed by atoms with Gasteiger partial charge in [0, 0.05) is 11.4 Å². The van der Waals surface area contributed by atoms with Crippen LogP contribution in [0.3, 0.4) is 0 Å². The molecule has 30 heavy (non-hydrogen) atoms. The smallest absolute Gasteiger partial charge is 0.325 e. The van der Waals surface area contributed by atoms with Crippen LogP contribution in [0.2, 0.25) is 0 Å². The van der Waals surface area contributed by atoms with Gasteiger partial charge in [-0.2, -0.15) is 13.2 Å². The molecule has 0 bridgehead atoms. The molecule has 8 heteroatoms. The van der Waals surface area contributed by atoms with Crippen molar-refractivity contribution in [3.63, 3.8) is 0 Å². The first-order valence-corrected chi connectivity index (χ1v) is 9.44. The Bertz CT molecular complexity index is 918. The van der Waals surface area contributed by atoms with Crippen LogP contribution in [0, 0.1) is 20.8 Å². The van der Waals surface area contributed by atoms with E-state index in [2.05, 4.69) is 10.6 Å². The molecule has 0 aliphatic heterocycles. The molecule has 0 saturated carbocycles. The van der Waals surface area contributed by atoms with Crippen molar-refractivity contribution in [1.82, 2.24) is 4.90 Å². The molecule has 2 rings (SSSR count). The van der Waals surface area contributed by atoms with Crippen LogP contribution in [0.5, 0.6) is 0 Å². The van der Waals surface area contributed by atoms with Gasteiger partial charge in [-0.3, -0.25) is 14.5 Å². The summed E-state index contributed by atoms with van der Waals surface area (Å²) >= 11 is 0. The summed E-state index contributed by atoms with van der Waals surface area (Å²) in [6.45, 7) is 7.32. The summed E-state index contributed by atoms with van der Waals surface area (Å²) in [7, 11) is 1.60. The summed E-state index contributed by atoms with van der Waals surface area (Å²) < 4.78 is 38.5. The zero-order chi connectivity index (χ0) is 22.6. The summed E-state index contributed by atoms with van der Waals surface area (Å²) in [6.07, 6.45) is -4.49. The van der Waals surface area contributed by atoms with Crippen molar-refractivity contribution in [2.75, 3.05) is 24.2 Å². The second-order valence-corrected chi connectivity index (χ2v) is 7.48. The van der Waals surface area contributed by atoms with Crippen molar-refractivity contribution in [1.29, 1.82) is 0 Å². The zero-order valence-electron chi connectivity index (χ0n) is 17.6. The molecule has 0 aliphatic rings. The predicted octanol–water partition coefficient (Wildman–Crippen LogP) is 4.53. The van der Waals surface area contributed by atoms with E-state index in [1.807, 2.05) is 32.9 Å². The lowest BCUT2D eigenvalue weighted by Gasteiger charge is -2.24. The Balaban J connectivity index is 1.99. The van der Waals surface area contributed by atoms with Gasteiger partial charge in [0.2, 0.25) is 11.8 Å². The van der Waals surface area contributed by atoms with Gasteiger partial charge in [0.25, 0.3) is 0 Å². The van der Waals surface area contributed by atoms with Crippen LogP contribution in [0.4, 0.5) is 24.5 Å². The Morgan fingerprint density at radius 1 is 1.03 bits per heavy atom. The van der Waals surface area contributed by atoms with E-state index >= 15 is 0 Å². The number of halogens is 3. The normalized spacial score (nSPS) is 12.6. The van der Waals surface area contributed by atoms with Gasteiger partial charge in [-0.25, -0.2) is 0 Å². The standard InChI is InChI=1S/C22H26F3N3O2/c1-13-9-14(2)20(15(3)10-13)27-19(29)12-28(5)16(4)21(30)26-18-8-6-7-17(11-18)22(23,24)25/h6-11,16H,12H2,1-5H3,(H,26,30)(H,27,29)/t16-/m1/s1. The Hall–Kier alpha value is -2.87. The molecule has 0 aromatic heterocycles. The number of alkyl halides is 3. The summed E-state index contributed by atoms with van der Waals surface area (Å²) in [5, 5.41) is 5.34. The molecule has 0 radical (unpaired) electrons. The number of amides is 2. The Labute approximate surface area is 174 Å². The van der Waals surface area contributed by atoms with Gasteiger partial charge in [0.05, 0.1) is 18.2 Å². The highest BCUT2D eigenvalue weighted by Crippen LogP contribution is 2.30. The van der Waals surface area contributed by atoms with Gasteiger partial charge < -0.3 is 10.6 Å². The van der Waals surface area contributed by atoms with Crippen LogP contribution in [-0.4, -0.2) is 36.3 Å². The lowest BCUT2D eigenvalue weighted by Crippen LogP contribution is -2.43. The molecule has 2 N–H and O–H groups in total. The maximum Gasteiger partial charge on any atom is 0.416 e. The van der Waals surface area contributed by atoms with E-state index in [0.29, 0.717) is 0 Å². The zero-order valence-corrected chi connectivity index (χ0v) is 17.6. The third-order valence-electron chi connectivity index (χ3n) is 4.83. The topological polar surface area (TPSA) is 61.4 Å². The minimum absolute atomic E-state index is 0.0467. The monoisotopic (exact) mass is 421 g/mol. The Kier molecular flexibility index (Phi) is 7.25. The third kappa shape index (κ3) is 6.06. The second-order valence-electron chi connectivity index (χ2n) is 7.48. The van der Waals surface area contributed by atoms with Crippen LogP contribution in [0.25, 0.3) is 0 Å². The average Bonchev–Trinajstić information content (AvgIpc) is 2.63. The fourth-order valence-corrected chi connectivity index (χ4v) is 3.14. The van der Waals surface area contributed by atoms with E-state index in [-0.39, 0.29) is 18.1 Å². The summed E-state index contributed by atoms with van der Waals surface area (Å²) in [5.41, 5.74) is 2.92. The molecule has 0 saturated heterocycles. The quantitative estimate of drug-likeness (QED) is 0.721. The minimum atomic E-state index is -4.49. The number of anilines is 2. The van der Waals surface area contributed by atoms with Gasteiger partial charge in [0.1, 0.15) is 0 Å². The number of benzene rings is 2. The first kappa shape index (κ1) is 23.4. The van der Waals surface area contributed by atoms with Gasteiger partial charge in [-0.05, 0) is 64.1 Å². The number of nitrogens with zero attached hydrogens (tertiary/aromatic N) is 1. The van der Waals surface area contributed by atoms with Gasteiger partial charge in [-0.1, -0.05) is 23.8 Å². The van der Waals surface area contributed by atoms with Gasteiger partial charge >= 0.3 is 6.18 Å². The molecule has 5 nitrogen and oxygen atoms in total.